The molecule has 8 rings (SSSR count). The maximum Gasteiger partial charge on any atom is 0.119 e. The van der Waals surface area contributed by atoms with Crippen molar-refractivity contribution in [3.63, 3.8) is 0 Å². The molecule has 0 radical (unpaired) electrons. The fraction of sp³-hybridized carbons (Fsp3) is 0.227. The average Bonchev–Trinajstić information content (AvgIpc) is 3.27. The first kappa shape index (κ1) is 32.0. The topological polar surface area (TPSA) is 20.2 Å². The molecule has 2 aliphatic carbocycles. The first-order chi connectivity index (χ1) is 22.5. The quantitative estimate of drug-likeness (QED) is 0.185. The van der Waals surface area contributed by atoms with Crippen molar-refractivity contribution >= 4 is 18.4 Å². The molecule has 0 spiro atoms. The minimum absolute atomic E-state index is 0.00859. The zero-order valence-corrected chi connectivity index (χ0v) is 31.8. The van der Waals surface area contributed by atoms with Gasteiger partial charge in [-0.05, 0) is 28.0 Å². The molecule has 3 aliphatic rings. The molecule has 1 N–H and O–H groups in total. The van der Waals surface area contributed by atoms with E-state index in [4.69, 9.17) is 0 Å². The van der Waals surface area contributed by atoms with Gasteiger partial charge in [0.2, 0.25) is 0 Å². The molecule has 0 amide bonds. The van der Waals surface area contributed by atoms with Gasteiger partial charge in [0.15, 0.2) is 0 Å². The van der Waals surface area contributed by atoms with Gasteiger partial charge in [0.1, 0.15) is 5.75 Å². The Bertz CT molecular complexity index is 1910. The Morgan fingerprint density at radius 1 is 0.617 bits per heavy atom. The van der Waals surface area contributed by atoms with Gasteiger partial charge in [-0.1, -0.05) is 53.7 Å². The summed E-state index contributed by atoms with van der Waals surface area (Å²) in [7, 11) is -1.96. The van der Waals surface area contributed by atoms with Crippen LogP contribution in [0.3, 0.4) is 0 Å². The molecule has 5 aromatic rings. The minimum Gasteiger partial charge on any atom is -0.508 e. The number of phenols is 1. The molecule has 1 heterocycles. The summed E-state index contributed by atoms with van der Waals surface area (Å²) in [6.07, 6.45) is 7.48. The zero-order valence-electron chi connectivity index (χ0n) is 28.4. The second-order valence-corrected chi connectivity index (χ2v) is 24.5. The number of aromatic hydroxyl groups is 1. The van der Waals surface area contributed by atoms with Crippen LogP contribution < -0.4 is 10.4 Å². The summed E-state index contributed by atoms with van der Waals surface area (Å²) >= 11 is -0.944. The van der Waals surface area contributed by atoms with E-state index in [-0.39, 0.29) is 10.8 Å². The molecule has 1 nitrogen and oxygen atoms in total. The molecule has 1 aliphatic heterocycles. The molecule has 5 aromatic carbocycles. The van der Waals surface area contributed by atoms with Gasteiger partial charge in [-0.15, -0.1) is 0 Å². The SMILES string of the molecule is C1=C[C]2([Zr][CH]3c4ccccc4-c4ccccc43)C(=C1)[Si]2(c1ccccc1)c1ccccc1.CC(C)(C)c1ccc(O)c(C(C)(C)C)c1. The van der Waals surface area contributed by atoms with Crippen molar-refractivity contribution in [2.24, 2.45) is 0 Å². The van der Waals surface area contributed by atoms with Crippen molar-refractivity contribution in [1.29, 1.82) is 0 Å². The van der Waals surface area contributed by atoms with Gasteiger partial charge < -0.3 is 5.11 Å². The molecule has 234 valence electrons. The fourth-order valence-corrected chi connectivity index (χ4v) is 24.6. The number of fused-ring (bicyclic) bond motifs is 4. The second kappa shape index (κ2) is 11.9. The molecule has 47 heavy (non-hydrogen) atoms. The molecule has 1 unspecified atom stereocenters. The van der Waals surface area contributed by atoms with Crippen LogP contribution in [0.15, 0.2) is 151 Å². The zero-order chi connectivity index (χ0) is 33.0. The molecule has 3 heteroatoms. The third kappa shape index (κ3) is 5.31. The van der Waals surface area contributed by atoms with Crippen LogP contribution in [0.2, 0.25) is 2.75 Å². The molecule has 1 atom stereocenters. The Morgan fingerprint density at radius 3 is 1.64 bits per heavy atom. The molecule has 1 saturated heterocycles. The Morgan fingerprint density at radius 2 is 1.13 bits per heavy atom. The molecule has 0 bridgehead atoms. The third-order valence-electron chi connectivity index (χ3n) is 10.3. The van der Waals surface area contributed by atoms with Crippen molar-refractivity contribution in [3.8, 4) is 16.9 Å². The van der Waals surface area contributed by atoms with Crippen LogP contribution in [-0.2, 0) is 34.1 Å². The standard InChI is InChI=1S/C17H13Si.C14H22O.C13H9.Zr/c1-3-8-14(9-4-1)18(15-10-5-2-6-11-15)16-12-7-13-17(16)18;1-13(2,3)10-7-8-12(15)11(9-10)14(4,5)6;1-3-7-12-10(5-1)9-11-6-2-4-8-13(11)12;/h1-13H;7-9,15H,1-6H3;1-9H;. The van der Waals surface area contributed by atoms with Crippen LogP contribution in [0.5, 0.6) is 5.75 Å². The Kier molecular flexibility index (Phi) is 8.09. The van der Waals surface area contributed by atoms with E-state index in [0.29, 0.717) is 12.1 Å². The largest absolute Gasteiger partial charge is 0.508 e. The number of benzene rings is 5. The molecule has 1 fully saturated rings. The van der Waals surface area contributed by atoms with Gasteiger partial charge in [0.25, 0.3) is 0 Å². The maximum atomic E-state index is 9.84. The summed E-state index contributed by atoms with van der Waals surface area (Å²) in [5.41, 5.74) is 8.49. The van der Waals surface area contributed by atoms with Gasteiger partial charge in [-0.2, -0.15) is 0 Å². The normalized spacial score (nSPS) is 18.7. The summed E-state index contributed by atoms with van der Waals surface area (Å²) in [6, 6.07) is 47.2. The van der Waals surface area contributed by atoms with Crippen LogP contribution >= 0.6 is 0 Å². The molecular formula is C44H44OSiZr. The number of allylic oxidation sites excluding steroid dienone is 4. The number of rotatable bonds is 4. The Balaban J connectivity index is 0.000000199. The van der Waals surface area contributed by atoms with E-state index < -0.39 is 31.3 Å². The van der Waals surface area contributed by atoms with Crippen molar-refractivity contribution in [2.45, 2.75) is 58.7 Å². The van der Waals surface area contributed by atoms with Crippen molar-refractivity contribution in [3.05, 3.63) is 173 Å². The van der Waals surface area contributed by atoms with Gasteiger partial charge >= 0.3 is 203 Å². The van der Waals surface area contributed by atoms with E-state index >= 15 is 0 Å². The number of hydrogen-bond donors (Lipinski definition) is 1. The van der Waals surface area contributed by atoms with Gasteiger partial charge in [0, 0.05) is 0 Å². The summed E-state index contributed by atoms with van der Waals surface area (Å²) in [5, 5.41) is 14.8. The number of phenolic OH excluding ortho intramolecular Hbond substituents is 1. The Labute approximate surface area is 293 Å². The van der Waals surface area contributed by atoms with Gasteiger partial charge in [-0.25, -0.2) is 0 Å². The van der Waals surface area contributed by atoms with Gasteiger partial charge in [0.05, 0.1) is 0 Å². The number of hydrogen-bond acceptors (Lipinski definition) is 1. The smallest absolute Gasteiger partial charge is 0.119 e. The van der Waals surface area contributed by atoms with Crippen LogP contribution in [0.1, 0.15) is 67.4 Å². The van der Waals surface area contributed by atoms with Gasteiger partial charge in [-0.3, -0.25) is 0 Å². The van der Waals surface area contributed by atoms with Crippen molar-refractivity contribution < 1.29 is 28.3 Å². The second-order valence-electron chi connectivity index (χ2n) is 15.2. The van der Waals surface area contributed by atoms with Crippen molar-refractivity contribution in [1.82, 2.24) is 0 Å². The van der Waals surface area contributed by atoms with E-state index in [1.165, 1.54) is 16.7 Å². The summed E-state index contributed by atoms with van der Waals surface area (Å²) < 4.78 is 0.938. The summed E-state index contributed by atoms with van der Waals surface area (Å²) in [5.74, 6) is 0.399. The predicted molar refractivity (Wildman–Crippen MR) is 197 cm³/mol. The van der Waals surface area contributed by atoms with Crippen LogP contribution in [0.25, 0.3) is 11.1 Å². The minimum atomic E-state index is -1.96. The van der Waals surface area contributed by atoms with E-state index in [2.05, 4.69) is 175 Å². The van der Waals surface area contributed by atoms with Crippen LogP contribution in [-0.4, -0.2) is 13.2 Å². The fourth-order valence-electron chi connectivity index (χ4n) is 7.90. The monoisotopic (exact) mass is 706 g/mol. The first-order valence-electron chi connectivity index (χ1n) is 16.8. The van der Waals surface area contributed by atoms with Crippen molar-refractivity contribution in [2.75, 3.05) is 0 Å². The maximum absolute atomic E-state index is 9.84. The van der Waals surface area contributed by atoms with E-state index in [1.54, 1.807) is 32.8 Å². The molecular weight excluding hydrogens is 664 g/mol. The van der Waals surface area contributed by atoms with Crippen LogP contribution in [0, 0.1) is 0 Å². The van der Waals surface area contributed by atoms with Crippen LogP contribution in [0.4, 0.5) is 0 Å². The van der Waals surface area contributed by atoms with E-state index in [1.807, 2.05) is 6.07 Å². The van der Waals surface area contributed by atoms with E-state index in [0.717, 1.165) is 5.56 Å². The summed E-state index contributed by atoms with van der Waals surface area (Å²) in [6.45, 7) is 12.9. The predicted octanol–water partition coefficient (Wildman–Crippen LogP) is 9.84. The molecule has 0 saturated carbocycles. The van der Waals surface area contributed by atoms with E-state index in [9.17, 15) is 5.11 Å². The summed E-state index contributed by atoms with van der Waals surface area (Å²) in [4.78, 5) is 0. The first-order valence-corrected chi connectivity index (χ1v) is 21.4. The Hall–Kier alpha value is -3.52. The average molecular weight is 708 g/mol. The third-order valence-corrected chi connectivity index (χ3v) is 24.1. The molecule has 0 aromatic heterocycles.